The Kier molecular flexibility index (Phi) is 4.09. The first-order chi connectivity index (χ1) is 9.83. The van der Waals surface area contributed by atoms with Crippen LogP contribution in [0.5, 0.6) is 11.5 Å². The fourth-order valence-corrected chi connectivity index (χ4v) is 2.91. The Hall–Kier alpha value is -1.71. The topological polar surface area (TPSA) is 47.6 Å². The minimum atomic E-state index is 0.142. The normalized spacial score (nSPS) is 19.2. The van der Waals surface area contributed by atoms with E-state index in [0.717, 1.165) is 30.0 Å². The van der Waals surface area contributed by atoms with Crippen molar-refractivity contribution < 1.29 is 14.3 Å². The Labute approximate surface area is 119 Å². The number of fused-ring (bicyclic) bond motifs is 1. The molecule has 1 amide bonds. The number of carbonyl (C=O) groups is 1. The molecule has 1 N–H and O–H groups in total. The van der Waals surface area contributed by atoms with Gasteiger partial charge in [0.05, 0.1) is 0 Å². The van der Waals surface area contributed by atoms with Gasteiger partial charge in [-0.15, -0.1) is 0 Å². The van der Waals surface area contributed by atoms with Crippen LogP contribution in [0.2, 0.25) is 0 Å². The molecular weight excluding hydrogens is 254 g/mol. The van der Waals surface area contributed by atoms with Crippen LogP contribution in [-0.4, -0.2) is 19.1 Å². The summed E-state index contributed by atoms with van der Waals surface area (Å²) >= 11 is 0. The molecule has 4 heteroatoms. The molecule has 3 rings (SSSR count). The quantitative estimate of drug-likeness (QED) is 0.842. The summed E-state index contributed by atoms with van der Waals surface area (Å²) in [5.41, 5.74) is 0.795. The van der Waals surface area contributed by atoms with Crippen LogP contribution in [0, 0.1) is 5.92 Å². The van der Waals surface area contributed by atoms with Crippen LogP contribution in [0.4, 0.5) is 5.69 Å². The summed E-state index contributed by atoms with van der Waals surface area (Å²) in [6, 6.07) is 5.59. The van der Waals surface area contributed by atoms with E-state index in [9.17, 15) is 4.79 Å². The maximum atomic E-state index is 12.3. The standard InChI is InChI=1S/C16H21NO3/c18-16(12-5-3-1-2-4-6-12)17-13-7-8-14-15(11-13)20-10-9-19-14/h7-8,11-12H,1-6,9-10H2,(H,17,18). The van der Waals surface area contributed by atoms with E-state index in [1.807, 2.05) is 18.2 Å². The molecule has 0 radical (unpaired) electrons. The third-order valence-electron chi connectivity index (χ3n) is 4.04. The molecule has 1 aliphatic carbocycles. The molecule has 1 aromatic rings. The first kappa shape index (κ1) is 13.3. The van der Waals surface area contributed by atoms with Crippen molar-refractivity contribution in [1.82, 2.24) is 0 Å². The molecule has 0 atom stereocenters. The van der Waals surface area contributed by atoms with Gasteiger partial charge in [-0.25, -0.2) is 0 Å². The zero-order chi connectivity index (χ0) is 13.8. The molecule has 1 fully saturated rings. The Morgan fingerprint density at radius 2 is 1.70 bits per heavy atom. The van der Waals surface area contributed by atoms with Crippen LogP contribution in [-0.2, 0) is 4.79 Å². The van der Waals surface area contributed by atoms with Crippen molar-refractivity contribution in [2.75, 3.05) is 18.5 Å². The summed E-state index contributed by atoms with van der Waals surface area (Å²) < 4.78 is 11.0. The number of nitrogens with one attached hydrogen (secondary N) is 1. The van der Waals surface area contributed by atoms with E-state index < -0.39 is 0 Å². The maximum absolute atomic E-state index is 12.3. The predicted octanol–water partition coefficient (Wildman–Crippen LogP) is 3.37. The van der Waals surface area contributed by atoms with Gasteiger partial charge in [0.15, 0.2) is 11.5 Å². The number of hydrogen-bond donors (Lipinski definition) is 1. The fraction of sp³-hybridized carbons (Fsp3) is 0.562. The Balaban J connectivity index is 1.66. The predicted molar refractivity (Wildman–Crippen MR) is 77.3 cm³/mol. The summed E-state index contributed by atoms with van der Waals surface area (Å²) in [5, 5.41) is 3.02. The summed E-state index contributed by atoms with van der Waals surface area (Å²) in [6.45, 7) is 1.15. The molecule has 20 heavy (non-hydrogen) atoms. The van der Waals surface area contributed by atoms with Gasteiger partial charge in [0.2, 0.25) is 5.91 Å². The lowest BCUT2D eigenvalue weighted by molar-refractivity contribution is -0.120. The van der Waals surface area contributed by atoms with E-state index in [1.54, 1.807) is 0 Å². The van der Waals surface area contributed by atoms with Crippen molar-refractivity contribution in [1.29, 1.82) is 0 Å². The van der Waals surface area contributed by atoms with E-state index in [2.05, 4.69) is 5.32 Å². The highest BCUT2D eigenvalue weighted by Gasteiger charge is 2.20. The highest BCUT2D eigenvalue weighted by Crippen LogP contribution is 2.33. The van der Waals surface area contributed by atoms with Crippen LogP contribution in [0.1, 0.15) is 38.5 Å². The largest absolute Gasteiger partial charge is 0.486 e. The minimum absolute atomic E-state index is 0.142. The molecule has 1 saturated carbocycles. The molecule has 0 spiro atoms. The fourth-order valence-electron chi connectivity index (χ4n) is 2.91. The van der Waals surface area contributed by atoms with Crippen molar-refractivity contribution in [3.05, 3.63) is 18.2 Å². The van der Waals surface area contributed by atoms with Crippen LogP contribution in [0.3, 0.4) is 0 Å². The second-order valence-electron chi connectivity index (χ2n) is 5.54. The molecule has 1 aliphatic heterocycles. The van der Waals surface area contributed by atoms with Gasteiger partial charge in [0.25, 0.3) is 0 Å². The van der Waals surface area contributed by atoms with E-state index in [4.69, 9.17) is 9.47 Å². The maximum Gasteiger partial charge on any atom is 0.227 e. The molecule has 1 aromatic carbocycles. The molecule has 4 nitrogen and oxygen atoms in total. The van der Waals surface area contributed by atoms with Gasteiger partial charge in [0, 0.05) is 17.7 Å². The minimum Gasteiger partial charge on any atom is -0.486 e. The number of rotatable bonds is 2. The lowest BCUT2D eigenvalue weighted by Gasteiger charge is -2.20. The number of benzene rings is 1. The van der Waals surface area contributed by atoms with Gasteiger partial charge in [0.1, 0.15) is 13.2 Å². The molecule has 0 bridgehead atoms. The summed E-state index contributed by atoms with van der Waals surface area (Å²) in [6.07, 6.45) is 6.87. The lowest BCUT2D eigenvalue weighted by Crippen LogP contribution is -2.22. The number of hydrogen-bond acceptors (Lipinski definition) is 3. The number of ether oxygens (including phenoxy) is 2. The van der Waals surface area contributed by atoms with Gasteiger partial charge in [-0.2, -0.15) is 0 Å². The molecule has 2 aliphatic rings. The van der Waals surface area contributed by atoms with Crippen molar-refractivity contribution in [2.45, 2.75) is 38.5 Å². The summed E-state index contributed by atoms with van der Waals surface area (Å²) in [4.78, 5) is 12.3. The molecule has 0 aromatic heterocycles. The van der Waals surface area contributed by atoms with Gasteiger partial charge in [-0.3, -0.25) is 4.79 Å². The van der Waals surface area contributed by atoms with Gasteiger partial charge in [-0.05, 0) is 25.0 Å². The van der Waals surface area contributed by atoms with Crippen molar-refractivity contribution in [3.8, 4) is 11.5 Å². The zero-order valence-corrected chi connectivity index (χ0v) is 11.7. The van der Waals surface area contributed by atoms with Gasteiger partial charge >= 0.3 is 0 Å². The third-order valence-corrected chi connectivity index (χ3v) is 4.04. The van der Waals surface area contributed by atoms with Gasteiger partial charge < -0.3 is 14.8 Å². The van der Waals surface area contributed by atoms with Crippen molar-refractivity contribution >= 4 is 11.6 Å². The first-order valence-electron chi connectivity index (χ1n) is 7.53. The number of anilines is 1. The monoisotopic (exact) mass is 275 g/mol. The van der Waals surface area contributed by atoms with E-state index >= 15 is 0 Å². The second kappa shape index (κ2) is 6.16. The Bertz CT molecular complexity index is 479. The van der Waals surface area contributed by atoms with Gasteiger partial charge in [-0.1, -0.05) is 25.7 Å². The molecule has 0 saturated heterocycles. The molecule has 108 valence electrons. The SMILES string of the molecule is O=C(Nc1ccc2c(c1)OCCO2)C1CCCCCC1. The highest BCUT2D eigenvalue weighted by molar-refractivity contribution is 5.92. The highest BCUT2D eigenvalue weighted by atomic mass is 16.6. The molecular formula is C16H21NO3. The van der Waals surface area contributed by atoms with E-state index in [0.29, 0.717) is 13.2 Å². The first-order valence-corrected chi connectivity index (χ1v) is 7.53. The van der Waals surface area contributed by atoms with Crippen LogP contribution in [0.25, 0.3) is 0 Å². The van der Waals surface area contributed by atoms with Crippen LogP contribution >= 0.6 is 0 Å². The average molecular weight is 275 g/mol. The number of amides is 1. The molecule has 1 heterocycles. The van der Waals surface area contributed by atoms with Crippen LogP contribution < -0.4 is 14.8 Å². The Morgan fingerprint density at radius 3 is 2.45 bits per heavy atom. The average Bonchev–Trinajstić information content (AvgIpc) is 2.76. The van der Waals surface area contributed by atoms with E-state index in [1.165, 1.54) is 25.7 Å². The van der Waals surface area contributed by atoms with Crippen LogP contribution in [0.15, 0.2) is 18.2 Å². The summed E-state index contributed by atoms with van der Waals surface area (Å²) in [5.74, 6) is 1.77. The van der Waals surface area contributed by atoms with Crippen molar-refractivity contribution in [3.63, 3.8) is 0 Å². The van der Waals surface area contributed by atoms with E-state index in [-0.39, 0.29) is 11.8 Å². The lowest BCUT2D eigenvalue weighted by atomic mass is 9.99. The summed E-state index contributed by atoms with van der Waals surface area (Å²) in [7, 11) is 0. The third kappa shape index (κ3) is 3.06. The Morgan fingerprint density at radius 1 is 1.00 bits per heavy atom. The number of carbonyl (C=O) groups excluding carboxylic acids is 1. The van der Waals surface area contributed by atoms with Crippen molar-refractivity contribution in [2.24, 2.45) is 5.92 Å². The second-order valence-corrected chi connectivity index (χ2v) is 5.54. The molecule has 0 unspecified atom stereocenters. The zero-order valence-electron chi connectivity index (χ0n) is 11.7. The smallest absolute Gasteiger partial charge is 0.227 e.